The van der Waals surface area contributed by atoms with E-state index in [1.165, 1.54) is 24.4 Å². The molecule has 6 atom stereocenters. The van der Waals surface area contributed by atoms with E-state index in [1.54, 1.807) is 12.1 Å². The van der Waals surface area contributed by atoms with Crippen molar-refractivity contribution >= 4 is 35.3 Å². The van der Waals surface area contributed by atoms with Crippen molar-refractivity contribution in [1.82, 2.24) is 5.01 Å². The maximum atomic E-state index is 12.9. The summed E-state index contributed by atoms with van der Waals surface area (Å²) >= 11 is 6.16. The van der Waals surface area contributed by atoms with Gasteiger partial charge in [0.2, 0.25) is 0 Å². The predicted octanol–water partition coefficient (Wildman–Crippen LogP) is 3.90. The number of nitro groups is 1. The number of hydrogen-bond donors (Lipinski definition) is 0. The van der Waals surface area contributed by atoms with Gasteiger partial charge in [0.25, 0.3) is 17.5 Å². The van der Waals surface area contributed by atoms with Gasteiger partial charge in [0.15, 0.2) is 0 Å². The maximum Gasteiger partial charge on any atom is 0.270 e. The number of allylic oxidation sites excluding steroid dienone is 2. The third-order valence-corrected chi connectivity index (χ3v) is 7.32. The summed E-state index contributed by atoms with van der Waals surface area (Å²) in [5, 5.41) is 16.5. The number of non-ortho nitro benzene ring substituents is 1. The van der Waals surface area contributed by atoms with Gasteiger partial charge in [0.05, 0.1) is 28.0 Å². The molecule has 156 valence electrons. The molecule has 0 N–H and O–H groups in total. The van der Waals surface area contributed by atoms with Crippen LogP contribution in [0.5, 0.6) is 0 Å². The topological polar surface area (TPSA) is 106 Å². The molecule has 0 radical (unpaired) electrons. The molecular weight excluding hydrogens is 422 g/mol. The van der Waals surface area contributed by atoms with Crippen molar-refractivity contribution in [3.8, 4) is 11.3 Å². The van der Waals surface area contributed by atoms with Gasteiger partial charge < -0.3 is 4.42 Å². The average molecular weight is 438 g/mol. The molecule has 9 heteroatoms. The van der Waals surface area contributed by atoms with Crippen molar-refractivity contribution in [3.05, 3.63) is 63.4 Å². The number of furan rings is 1. The largest absolute Gasteiger partial charge is 0.455 e. The molecular formula is C22H16ClN3O5. The minimum atomic E-state index is -0.513. The van der Waals surface area contributed by atoms with Gasteiger partial charge in [0, 0.05) is 17.7 Å². The van der Waals surface area contributed by atoms with Crippen LogP contribution in [0.4, 0.5) is 5.69 Å². The molecule has 1 aromatic heterocycles. The van der Waals surface area contributed by atoms with Crippen LogP contribution in [0.1, 0.15) is 12.2 Å². The molecule has 8 nitrogen and oxygen atoms in total. The molecule has 7 rings (SSSR count). The van der Waals surface area contributed by atoms with E-state index < -0.39 is 4.92 Å². The Kier molecular flexibility index (Phi) is 3.80. The molecule has 31 heavy (non-hydrogen) atoms. The quantitative estimate of drug-likeness (QED) is 0.237. The van der Waals surface area contributed by atoms with Gasteiger partial charge in [0.1, 0.15) is 11.5 Å². The Morgan fingerprint density at radius 1 is 1.10 bits per heavy atom. The molecule has 1 saturated heterocycles. The zero-order valence-corrected chi connectivity index (χ0v) is 16.8. The Morgan fingerprint density at radius 2 is 1.77 bits per heavy atom. The van der Waals surface area contributed by atoms with E-state index in [0.717, 1.165) is 11.4 Å². The van der Waals surface area contributed by atoms with Gasteiger partial charge in [-0.3, -0.25) is 19.7 Å². The Morgan fingerprint density at radius 3 is 2.42 bits per heavy atom. The van der Waals surface area contributed by atoms with Crippen molar-refractivity contribution in [3.63, 3.8) is 0 Å². The van der Waals surface area contributed by atoms with Crippen LogP contribution in [-0.2, 0) is 9.59 Å². The molecule has 0 spiro atoms. The third kappa shape index (κ3) is 2.64. The number of hydrogen-bond acceptors (Lipinski definition) is 6. The van der Waals surface area contributed by atoms with Crippen LogP contribution < -0.4 is 0 Å². The van der Waals surface area contributed by atoms with Gasteiger partial charge in [-0.2, -0.15) is 10.1 Å². The van der Waals surface area contributed by atoms with Crippen molar-refractivity contribution in [2.75, 3.05) is 0 Å². The zero-order valence-electron chi connectivity index (χ0n) is 16.1. The molecule has 2 saturated carbocycles. The van der Waals surface area contributed by atoms with Crippen molar-refractivity contribution in [2.24, 2.45) is 40.6 Å². The summed E-state index contributed by atoms with van der Waals surface area (Å²) in [6.07, 6.45) is 6.65. The molecule has 2 heterocycles. The first kappa shape index (κ1) is 18.5. The van der Waals surface area contributed by atoms with E-state index in [0.29, 0.717) is 33.9 Å². The lowest BCUT2D eigenvalue weighted by molar-refractivity contribution is -0.384. The summed E-state index contributed by atoms with van der Waals surface area (Å²) in [6.45, 7) is 0. The summed E-state index contributed by atoms with van der Waals surface area (Å²) < 4.78 is 5.69. The van der Waals surface area contributed by atoms with Gasteiger partial charge in [-0.1, -0.05) is 23.8 Å². The average Bonchev–Trinajstić information content (AvgIpc) is 3.40. The molecule has 3 fully saturated rings. The maximum absolute atomic E-state index is 12.9. The predicted molar refractivity (Wildman–Crippen MR) is 110 cm³/mol. The Balaban J connectivity index is 1.25. The zero-order chi connectivity index (χ0) is 21.4. The molecule has 0 unspecified atom stereocenters. The highest BCUT2D eigenvalue weighted by Gasteiger charge is 2.67. The second kappa shape index (κ2) is 6.37. The lowest BCUT2D eigenvalue weighted by Crippen LogP contribution is -2.40. The van der Waals surface area contributed by atoms with E-state index in [4.69, 9.17) is 16.0 Å². The number of amides is 2. The van der Waals surface area contributed by atoms with E-state index in [1.807, 2.05) is 0 Å². The first-order chi connectivity index (χ1) is 14.9. The number of nitrogens with zero attached hydrogens (tertiary/aromatic N) is 3. The first-order valence-electron chi connectivity index (χ1n) is 10.1. The van der Waals surface area contributed by atoms with Crippen molar-refractivity contribution in [1.29, 1.82) is 0 Å². The second-order valence-electron chi connectivity index (χ2n) is 8.51. The minimum absolute atomic E-state index is 0.108. The molecule has 1 aliphatic heterocycles. The molecule has 2 bridgehead atoms. The van der Waals surface area contributed by atoms with E-state index in [9.17, 15) is 19.7 Å². The standard InChI is InChI=1S/C22H16ClN3O5/c23-17-5-1-10(26(29)30)7-16(17)18-6-2-11(31-18)9-24-25-21(27)19-12-3-4-13(15-8-14(12)15)20(19)22(25)28/h1-7,9,12-15,19-20H,8H2/t12-,13-,14-,15+,19+,20+/m0/s1. The van der Waals surface area contributed by atoms with Crippen LogP contribution in [0.15, 0.2) is 52.0 Å². The smallest absolute Gasteiger partial charge is 0.270 e. The van der Waals surface area contributed by atoms with Crippen LogP contribution in [0, 0.1) is 45.6 Å². The third-order valence-electron chi connectivity index (χ3n) is 6.99. The molecule has 1 aromatic carbocycles. The number of rotatable bonds is 4. The number of hydrazone groups is 1. The summed E-state index contributed by atoms with van der Waals surface area (Å²) in [5.74, 6) is 0.869. The van der Waals surface area contributed by atoms with Crippen molar-refractivity contribution < 1.29 is 18.9 Å². The Labute approximate surface area is 181 Å². The number of carbonyl (C=O) groups is 2. The monoisotopic (exact) mass is 437 g/mol. The van der Waals surface area contributed by atoms with Gasteiger partial charge in [-0.05, 0) is 48.3 Å². The lowest BCUT2D eigenvalue weighted by atomic mass is 9.63. The fourth-order valence-corrected chi connectivity index (χ4v) is 5.76. The normalized spacial score (nSPS) is 32.6. The van der Waals surface area contributed by atoms with Crippen LogP contribution in [-0.4, -0.2) is 28.0 Å². The summed E-state index contributed by atoms with van der Waals surface area (Å²) in [6, 6.07) is 7.28. The van der Waals surface area contributed by atoms with E-state index in [2.05, 4.69) is 17.3 Å². The number of nitro benzene ring substituents is 1. The lowest BCUT2D eigenvalue weighted by Gasteiger charge is -2.37. The van der Waals surface area contributed by atoms with E-state index >= 15 is 0 Å². The van der Waals surface area contributed by atoms with Crippen LogP contribution in [0.3, 0.4) is 0 Å². The van der Waals surface area contributed by atoms with Gasteiger partial charge >= 0.3 is 0 Å². The van der Waals surface area contributed by atoms with Crippen LogP contribution in [0.25, 0.3) is 11.3 Å². The first-order valence-corrected chi connectivity index (χ1v) is 10.5. The summed E-state index contributed by atoms with van der Waals surface area (Å²) in [7, 11) is 0. The highest BCUT2D eigenvalue weighted by molar-refractivity contribution is 6.33. The highest BCUT2D eigenvalue weighted by atomic mass is 35.5. The number of imide groups is 1. The van der Waals surface area contributed by atoms with E-state index in [-0.39, 0.29) is 41.2 Å². The highest BCUT2D eigenvalue weighted by Crippen LogP contribution is 2.65. The second-order valence-corrected chi connectivity index (χ2v) is 8.92. The Bertz CT molecular complexity index is 1180. The van der Waals surface area contributed by atoms with Crippen molar-refractivity contribution in [2.45, 2.75) is 6.42 Å². The molecule has 2 aromatic rings. The Hall–Kier alpha value is -3.26. The number of halogens is 1. The van der Waals surface area contributed by atoms with Gasteiger partial charge in [-0.25, -0.2) is 0 Å². The SMILES string of the molecule is O=C1[C@@H]2[C@H]3C=C[C@@H]([C@@H]4C[C@H]34)[C@H]2C(=O)N1N=Cc1ccc(-c2cc([N+](=O)[O-])ccc2Cl)o1. The molecule has 2 amide bonds. The van der Waals surface area contributed by atoms with Crippen LogP contribution >= 0.6 is 11.6 Å². The van der Waals surface area contributed by atoms with Gasteiger partial charge in [-0.15, -0.1) is 0 Å². The molecule has 4 aliphatic carbocycles. The number of benzene rings is 1. The number of carbonyl (C=O) groups excluding carboxylic acids is 2. The molecule has 5 aliphatic rings. The summed E-state index contributed by atoms with van der Waals surface area (Å²) in [4.78, 5) is 36.4. The fraction of sp³-hybridized carbons (Fsp3) is 0.318. The minimum Gasteiger partial charge on any atom is -0.455 e. The fourth-order valence-electron chi connectivity index (χ4n) is 5.55. The summed E-state index contributed by atoms with van der Waals surface area (Å²) in [5.41, 5.74) is 0.264. The van der Waals surface area contributed by atoms with Crippen LogP contribution in [0.2, 0.25) is 5.02 Å².